The van der Waals surface area contributed by atoms with Crippen molar-refractivity contribution >= 4 is 28.7 Å². The third kappa shape index (κ3) is 4.35. The number of ether oxygens (including phenoxy) is 1. The molecular weight excluding hydrogens is 450 g/mol. The van der Waals surface area contributed by atoms with Crippen LogP contribution < -0.4 is 15.0 Å². The van der Waals surface area contributed by atoms with Gasteiger partial charge in [0.05, 0.1) is 13.0 Å². The Hall–Kier alpha value is -3.38. The van der Waals surface area contributed by atoms with E-state index in [9.17, 15) is 9.59 Å². The van der Waals surface area contributed by atoms with Crippen LogP contribution in [0.4, 0.5) is 5.69 Å². The van der Waals surface area contributed by atoms with Gasteiger partial charge < -0.3 is 19.7 Å². The fraction of sp³-hybridized carbons (Fsp3) is 0.400. The van der Waals surface area contributed by atoms with Crippen molar-refractivity contribution < 1.29 is 14.3 Å². The van der Waals surface area contributed by atoms with Gasteiger partial charge in [0, 0.05) is 56.9 Å². The molecule has 6 nitrogen and oxygen atoms in total. The first-order chi connectivity index (χ1) is 17.5. The molecule has 2 unspecified atom stereocenters. The molecular formula is C30H35N3O3. The summed E-state index contributed by atoms with van der Waals surface area (Å²) in [5.74, 6) is 0.413. The fourth-order valence-electron chi connectivity index (χ4n) is 6.20. The maximum atomic E-state index is 12.0. The molecule has 0 bridgehead atoms. The zero-order chi connectivity index (χ0) is 25.2. The number of piperidine rings is 1. The van der Waals surface area contributed by atoms with Gasteiger partial charge in [-0.15, -0.1) is 0 Å². The maximum absolute atomic E-state index is 12.0. The number of nitrogens with zero attached hydrogens (tertiary/aromatic N) is 2. The van der Waals surface area contributed by atoms with E-state index in [4.69, 9.17) is 4.74 Å². The molecule has 0 saturated carbocycles. The molecule has 188 valence electrons. The lowest BCUT2D eigenvalue weighted by Crippen LogP contribution is -2.45. The van der Waals surface area contributed by atoms with E-state index >= 15 is 0 Å². The van der Waals surface area contributed by atoms with Gasteiger partial charge >= 0.3 is 0 Å². The number of anilines is 1. The van der Waals surface area contributed by atoms with Crippen LogP contribution in [-0.2, 0) is 16.0 Å². The van der Waals surface area contributed by atoms with Crippen LogP contribution in [0.1, 0.15) is 47.9 Å². The molecule has 0 radical (unpaired) electrons. The summed E-state index contributed by atoms with van der Waals surface area (Å²) in [6.07, 6.45) is 4.17. The van der Waals surface area contributed by atoms with Crippen LogP contribution in [0.2, 0.25) is 0 Å². The largest absolute Gasteiger partial charge is 0.496 e. The van der Waals surface area contributed by atoms with Gasteiger partial charge in [-0.05, 0) is 53.3 Å². The fourth-order valence-corrected chi connectivity index (χ4v) is 6.20. The predicted molar refractivity (Wildman–Crippen MR) is 144 cm³/mol. The van der Waals surface area contributed by atoms with E-state index in [1.807, 2.05) is 18.2 Å². The van der Waals surface area contributed by atoms with Crippen LogP contribution in [-0.4, -0.2) is 57.4 Å². The Morgan fingerprint density at radius 3 is 2.64 bits per heavy atom. The second-order valence-corrected chi connectivity index (χ2v) is 9.97. The molecule has 3 aromatic rings. The predicted octanol–water partition coefficient (Wildman–Crippen LogP) is 4.47. The minimum Gasteiger partial charge on any atom is -0.496 e. The third-order valence-electron chi connectivity index (χ3n) is 8.15. The summed E-state index contributed by atoms with van der Waals surface area (Å²) in [7, 11) is 5.50. The Bertz CT molecular complexity index is 1270. The van der Waals surface area contributed by atoms with Gasteiger partial charge in [0.25, 0.3) is 0 Å². The van der Waals surface area contributed by atoms with Gasteiger partial charge in [-0.2, -0.15) is 0 Å². The second kappa shape index (κ2) is 10.3. The highest BCUT2D eigenvalue weighted by Crippen LogP contribution is 2.46. The molecule has 0 aromatic heterocycles. The smallest absolute Gasteiger partial charge is 0.220 e. The Balaban J connectivity index is 1.33. The highest BCUT2D eigenvalue weighted by atomic mass is 16.5. The molecule has 1 aliphatic carbocycles. The first-order valence-corrected chi connectivity index (χ1v) is 12.9. The topological polar surface area (TPSA) is 61.9 Å². The zero-order valence-electron chi connectivity index (χ0n) is 21.4. The molecule has 0 spiro atoms. The number of hydrogen-bond acceptors (Lipinski definition) is 5. The lowest BCUT2D eigenvalue weighted by atomic mass is 9.93. The van der Waals surface area contributed by atoms with Crippen LogP contribution in [0.25, 0.3) is 10.8 Å². The van der Waals surface area contributed by atoms with Gasteiger partial charge in [0.15, 0.2) is 0 Å². The van der Waals surface area contributed by atoms with Crippen LogP contribution in [0, 0.1) is 0 Å². The van der Waals surface area contributed by atoms with Gasteiger partial charge in [-0.3, -0.25) is 9.69 Å². The summed E-state index contributed by atoms with van der Waals surface area (Å²) in [4.78, 5) is 28.8. The Kier molecular flexibility index (Phi) is 6.97. The van der Waals surface area contributed by atoms with E-state index in [1.54, 1.807) is 14.2 Å². The van der Waals surface area contributed by atoms with Gasteiger partial charge in [0.2, 0.25) is 5.91 Å². The number of aldehydes is 1. The number of rotatable bonds is 8. The van der Waals surface area contributed by atoms with Crippen molar-refractivity contribution in [2.45, 2.75) is 43.7 Å². The van der Waals surface area contributed by atoms with E-state index in [2.05, 4.69) is 58.6 Å². The number of amides is 1. The number of carbonyl (C=O) groups excluding carboxylic acids is 2. The first-order valence-electron chi connectivity index (χ1n) is 12.9. The highest BCUT2D eigenvalue weighted by Gasteiger charge is 2.35. The summed E-state index contributed by atoms with van der Waals surface area (Å²) in [6, 6.07) is 19.6. The minimum absolute atomic E-state index is 0.124. The maximum Gasteiger partial charge on any atom is 0.220 e. The quantitative estimate of drug-likeness (QED) is 0.477. The Labute approximate surface area is 213 Å². The number of methoxy groups -OCH3 is 1. The average molecular weight is 486 g/mol. The minimum atomic E-state index is -0.450. The summed E-state index contributed by atoms with van der Waals surface area (Å²) in [5.41, 5.74) is 4.71. The van der Waals surface area contributed by atoms with Crippen LogP contribution in [0.3, 0.4) is 0 Å². The summed E-state index contributed by atoms with van der Waals surface area (Å²) >= 11 is 0. The molecule has 1 amide bonds. The first kappa shape index (κ1) is 24.3. The van der Waals surface area contributed by atoms with E-state index in [-0.39, 0.29) is 12.3 Å². The lowest BCUT2D eigenvalue weighted by Gasteiger charge is -2.41. The SMILES string of the molecule is CNC(=O)CC(C=O)c1ccccc1N(C)C1CCN(C2Cc3cccc4ccc(OC)c2c34)CC1. The molecule has 1 aliphatic heterocycles. The monoisotopic (exact) mass is 485 g/mol. The van der Waals surface area contributed by atoms with E-state index < -0.39 is 5.92 Å². The average Bonchev–Trinajstić information content (AvgIpc) is 3.33. The number of para-hydroxylation sites is 1. The zero-order valence-corrected chi connectivity index (χ0v) is 21.4. The van der Waals surface area contributed by atoms with Crippen molar-refractivity contribution in [2.75, 3.05) is 39.2 Å². The molecule has 3 aromatic carbocycles. The van der Waals surface area contributed by atoms with Crippen molar-refractivity contribution in [3.05, 3.63) is 71.3 Å². The van der Waals surface area contributed by atoms with E-state index in [0.717, 1.165) is 55.6 Å². The molecule has 6 heteroatoms. The third-order valence-corrected chi connectivity index (χ3v) is 8.15. The van der Waals surface area contributed by atoms with Crippen LogP contribution in [0.5, 0.6) is 5.75 Å². The van der Waals surface area contributed by atoms with E-state index in [1.165, 1.54) is 21.9 Å². The summed E-state index contributed by atoms with van der Waals surface area (Å²) in [5, 5.41) is 5.30. The van der Waals surface area contributed by atoms with Crippen molar-refractivity contribution in [3.63, 3.8) is 0 Å². The second-order valence-electron chi connectivity index (χ2n) is 9.97. The normalized spacial score (nSPS) is 18.7. The van der Waals surface area contributed by atoms with E-state index in [0.29, 0.717) is 12.1 Å². The van der Waals surface area contributed by atoms with Crippen LogP contribution >= 0.6 is 0 Å². The number of likely N-dealkylation sites (tertiary alicyclic amines) is 1. The van der Waals surface area contributed by atoms with Crippen LogP contribution in [0.15, 0.2) is 54.6 Å². The molecule has 1 saturated heterocycles. The lowest BCUT2D eigenvalue weighted by molar-refractivity contribution is -0.122. The summed E-state index contributed by atoms with van der Waals surface area (Å²) in [6.45, 7) is 2.01. The molecule has 1 N–H and O–H groups in total. The summed E-state index contributed by atoms with van der Waals surface area (Å²) < 4.78 is 5.81. The molecule has 1 fully saturated rings. The molecule has 5 rings (SSSR count). The van der Waals surface area contributed by atoms with Gasteiger partial charge in [-0.1, -0.05) is 42.5 Å². The highest BCUT2D eigenvalue weighted by molar-refractivity contribution is 5.93. The molecule has 36 heavy (non-hydrogen) atoms. The van der Waals surface area contributed by atoms with Crippen molar-refractivity contribution in [1.82, 2.24) is 10.2 Å². The molecule has 2 aliphatic rings. The van der Waals surface area contributed by atoms with Crippen molar-refractivity contribution in [2.24, 2.45) is 0 Å². The van der Waals surface area contributed by atoms with Crippen molar-refractivity contribution in [1.29, 1.82) is 0 Å². The Morgan fingerprint density at radius 1 is 1.14 bits per heavy atom. The number of nitrogens with one attached hydrogen (secondary N) is 1. The standard InChI is InChI=1S/C30H35N3O3/c1-31-28(35)18-22(19-34)24-9-4-5-10-25(24)32(2)23-13-15-33(16-14-23)26-17-21-8-6-7-20-11-12-27(36-3)30(26)29(20)21/h4-12,19,22-23,26H,13-18H2,1-3H3,(H,31,35). The molecule has 1 heterocycles. The van der Waals surface area contributed by atoms with Gasteiger partial charge in [-0.25, -0.2) is 0 Å². The number of benzene rings is 3. The number of hydrogen-bond donors (Lipinski definition) is 1. The van der Waals surface area contributed by atoms with Crippen molar-refractivity contribution in [3.8, 4) is 5.75 Å². The van der Waals surface area contributed by atoms with Gasteiger partial charge in [0.1, 0.15) is 12.0 Å². The molecule has 2 atom stereocenters. The Morgan fingerprint density at radius 2 is 1.92 bits per heavy atom. The number of carbonyl (C=O) groups is 2.